The van der Waals surface area contributed by atoms with Gasteiger partial charge in [0, 0.05) is 55.4 Å². The van der Waals surface area contributed by atoms with Gasteiger partial charge in [-0.1, -0.05) is 0 Å². The van der Waals surface area contributed by atoms with Crippen molar-refractivity contribution < 1.29 is 14.0 Å². The molecule has 0 amide bonds. The van der Waals surface area contributed by atoms with Gasteiger partial charge in [0.05, 0.1) is 24.8 Å². The molecule has 10 nitrogen and oxygen atoms in total. The van der Waals surface area contributed by atoms with Crippen LogP contribution in [0.25, 0.3) is 16.7 Å². The lowest BCUT2D eigenvalue weighted by Gasteiger charge is -2.31. The molecule has 10 heteroatoms. The van der Waals surface area contributed by atoms with Gasteiger partial charge in [-0.3, -0.25) is 9.78 Å². The number of hydrogen-bond donors (Lipinski definition) is 1. The summed E-state index contributed by atoms with van der Waals surface area (Å²) in [7, 11) is 0. The lowest BCUT2D eigenvalue weighted by Crippen LogP contribution is -2.36. The molecule has 0 unspecified atom stereocenters. The number of benzene rings is 1. The summed E-state index contributed by atoms with van der Waals surface area (Å²) in [4.78, 5) is 28.2. The maximum atomic E-state index is 12.3. The largest absolute Gasteiger partial charge is 0.488 e. The summed E-state index contributed by atoms with van der Waals surface area (Å²) in [6.07, 6.45) is 7.15. The van der Waals surface area contributed by atoms with E-state index in [9.17, 15) is 4.79 Å². The maximum Gasteiger partial charge on any atom is 0.289 e. The third-order valence-corrected chi connectivity index (χ3v) is 6.69. The van der Waals surface area contributed by atoms with E-state index in [0.29, 0.717) is 17.2 Å². The molecule has 0 spiro atoms. The second kappa shape index (κ2) is 9.18. The van der Waals surface area contributed by atoms with E-state index in [1.54, 1.807) is 25.4 Å². The van der Waals surface area contributed by atoms with Crippen LogP contribution in [0.15, 0.2) is 46.0 Å². The summed E-state index contributed by atoms with van der Waals surface area (Å²) in [5.74, 6) is 2.02. The molecular formula is C25H28N6O4. The summed E-state index contributed by atoms with van der Waals surface area (Å²) in [5.41, 5.74) is 3.01. The molecule has 2 aliphatic rings. The van der Waals surface area contributed by atoms with E-state index in [1.165, 1.54) is 10.6 Å². The fourth-order valence-electron chi connectivity index (χ4n) is 4.93. The second-order valence-corrected chi connectivity index (χ2v) is 9.18. The van der Waals surface area contributed by atoms with Crippen molar-refractivity contribution in [2.75, 3.05) is 36.5 Å². The lowest BCUT2D eigenvalue weighted by molar-refractivity contribution is 0.122. The van der Waals surface area contributed by atoms with Gasteiger partial charge in [0.1, 0.15) is 22.8 Å². The average Bonchev–Trinajstić information content (AvgIpc) is 3.26. The first kappa shape index (κ1) is 21.8. The van der Waals surface area contributed by atoms with Gasteiger partial charge in [-0.2, -0.15) is 0 Å². The molecule has 2 fully saturated rings. The van der Waals surface area contributed by atoms with Crippen molar-refractivity contribution in [1.29, 1.82) is 0 Å². The van der Waals surface area contributed by atoms with E-state index in [-0.39, 0.29) is 17.7 Å². The predicted molar refractivity (Wildman–Crippen MR) is 131 cm³/mol. The fraction of sp³-hybridized carbons (Fsp3) is 0.440. The molecule has 4 aromatic rings. The zero-order valence-electron chi connectivity index (χ0n) is 19.6. The van der Waals surface area contributed by atoms with Crippen LogP contribution >= 0.6 is 0 Å². The molecule has 0 atom stereocenters. The number of ether oxygens (including phenoxy) is 2. The van der Waals surface area contributed by atoms with Gasteiger partial charge in [-0.15, -0.1) is 4.57 Å². The Balaban J connectivity index is 1.15. The van der Waals surface area contributed by atoms with Crippen LogP contribution in [0.5, 0.6) is 5.75 Å². The van der Waals surface area contributed by atoms with Crippen LogP contribution in [0.1, 0.15) is 31.4 Å². The third-order valence-electron chi connectivity index (χ3n) is 6.69. The standard InChI is InChI=1S/C25H28N6O4/c1-16-12-23-29-22(15-24(32)31(23)35-16)28-17-2-4-19(5-3-17)34-21-14-18(30-8-10-33-11-9-30)13-20-25(21)27-7-6-26-20/h6-7,12-15,17,19,28H,2-5,8-11H2,1H3. The Labute approximate surface area is 201 Å². The second-order valence-electron chi connectivity index (χ2n) is 9.18. The first-order chi connectivity index (χ1) is 17.1. The molecule has 1 N–H and O–H groups in total. The summed E-state index contributed by atoms with van der Waals surface area (Å²) in [6.45, 7) is 4.95. The van der Waals surface area contributed by atoms with E-state index >= 15 is 0 Å². The minimum Gasteiger partial charge on any atom is -0.488 e. The molecule has 35 heavy (non-hydrogen) atoms. The molecule has 0 radical (unpaired) electrons. The van der Waals surface area contributed by atoms with Crippen molar-refractivity contribution in [3.05, 3.63) is 52.8 Å². The van der Waals surface area contributed by atoms with Crippen LogP contribution in [-0.4, -0.2) is 58.0 Å². The van der Waals surface area contributed by atoms with Crippen LogP contribution in [0.2, 0.25) is 0 Å². The van der Waals surface area contributed by atoms with Crippen LogP contribution in [0.3, 0.4) is 0 Å². The molecule has 4 heterocycles. The smallest absolute Gasteiger partial charge is 0.289 e. The quantitative estimate of drug-likeness (QED) is 0.465. The average molecular weight is 477 g/mol. The molecule has 1 aliphatic heterocycles. The number of hydrogen-bond acceptors (Lipinski definition) is 9. The van der Waals surface area contributed by atoms with Crippen LogP contribution < -0.4 is 20.5 Å². The topological polar surface area (TPSA) is 107 Å². The summed E-state index contributed by atoms with van der Waals surface area (Å²) < 4.78 is 18.6. The maximum absolute atomic E-state index is 12.3. The van der Waals surface area contributed by atoms with Gasteiger partial charge in [0.2, 0.25) is 0 Å². The van der Waals surface area contributed by atoms with Gasteiger partial charge >= 0.3 is 0 Å². The Bertz CT molecular complexity index is 1400. The van der Waals surface area contributed by atoms with Gasteiger partial charge in [-0.25, -0.2) is 9.97 Å². The Hall–Kier alpha value is -3.66. The summed E-state index contributed by atoms with van der Waals surface area (Å²) >= 11 is 0. The van der Waals surface area contributed by atoms with E-state index < -0.39 is 0 Å². The Morgan fingerprint density at radius 2 is 1.83 bits per heavy atom. The molecule has 1 saturated carbocycles. The Kier molecular flexibility index (Phi) is 5.73. The first-order valence-corrected chi connectivity index (χ1v) is 12.1. The van der Waals surface area contributed by atoms with E-state index in [0.717, 1.165) is 74.5 Å². The Morgan fingerprint density at radius 1 is 1.03 bits per heavy atom. The SMILES string of the molecule is Cc1cc2nc(NC3CCC(Oc4cc(N5CCOCC5)cc5nccnc45)CC3)cc(=O)n2o1. The zero-order chi connectivity index (χ0) is 23.8. The molecule has 0 bridgehead atoms. The number of morpholine rings is 1. The highest BCUT2D eigenvalue weighted by Crippen LogP contribution is 2.33. The summed E-state index contributed by atoms with van der Waals surface area (Å²) in [5, 5.41) is 3.43. The molecule has 182 valence electrons. The lowest BCUT2D eigenvalue weighted by atomic mass is 9.93. The highest BCUT2D eigenvalue weighted by molar-refractivity contribution is 5.85. The minimum absolute atomic E-state index is 0.0933. The monoisotopic (exact) mass is 476 g/mol. The molecule has 1 aromatic carbocycles. The number of nitrogens with zero attached hydrogens (tertiary/aromatic N) is 5. The van der Waals surface area contributed by atoms with Crippen molar-refractivity contribution in [2.24, 2.45) is 0 Å². The van der Waals surface area contributed by atoms with E-state index in [1.807, 2.05) is 0 Å². The zero-order valence-corrected chi connectivity index (χ0v) is 19.6. The highest BCUT2D eigenvalue weighted by atomic mass is 16.5. The highest BCUT2D eigenvalue weighted by Gasteiger charge is 2.25. The van der Waals surface area contributed by atoms with Gasteiger partial charge < -0.3 is 24.2 Å². The van der Waals surface area contributed by atoms with Crippen molar-refractivity contribution >= 4 is 28.2 Å². The molecule has 1 aliphatic carbocycles. The van der Waals surface area contributed by atoms with Crippen molar-refractivity contribution in [1.82, 2.24) is 19.5 Å². The fourth-order valence-corrected chi connectivity index (χ4v) is 4.93. The number of aromatic nitrogens is 4. The molecule has 3 aromatic heterocycles. The summed E-state index contributed by atoms with van der Waals surface area (Å²) in [6, 6.07) is 7.64. The molecular weight excluding hydrogens is 448 g/mol. The number of fused-ring (bicyclic) bond motifs is 2. The van der Waals surface area contributed by atoms with Crippen LogP contribution in [0.4, 0.5) is 11.5 Å². The van der Waals surface area contributed by atoms with Crippen molar-refractivity contribution in [3.8, 4) is 5.75 Å². The van der Waals surface area contributed by atoms with Gasteiger partial charge in [0.25, 0.3) is 5.56 Å². The molecule has 1 saturated heterocycles. The number of aryl methyl sites for hydroxylation is 1. The number of rotatable bonds is 5. The van der Waals surface area contributed by atoms with Crippen molar-refractivity contribution in [2.45, 2.75) is 44.8 Å². The van der Waals surface area contributed by atoms with Crippen LogP contribution in [0, 0.1) is 6.92 Å². The Morgan fingerprint density at radius 3 is 2.66 bits per heavy atom. The van der Waals surface area contributed by atoms with E-state index in [2.05, 4.69) is 37.3 Å². The minimum atomic E-state index is -0.226. The normalized spacial score (nSPS) is 20.9. The van der Waals surface area contributed by atoms with E-state index in [4.69, 9.17) is 14.0 Å². The molecule has 6 rings (SSSR count). The van der Waals surface area contributed by atoms with Crippen LogP contribution in [-0.2, 0) is 4.74 Å². The number of anilines is 2. The predicted octanol–water partition coefficient (Wildman–Crippen LogP) is 3.18. The third kappa shape index (κ3) is 4.53. The van der Waals surface area contributed by atoms with Gasteiger partial charge in [-0.05, 0) is 38.7 Å². The van der Waals surface area contributed by atoms with Crippen molar-refractivity contribution in [3.63, 3.8) is 0 Å². The van der Waals surface area contributed by atoms with Gasteiger partial charge in [0.15, 0.2) is 5.65 Å². The number of nitrogens with one attached hydrogen (secondary N) is 1. The first-order valence-electron chi connectivity index (χ1n) is 12.1.